The first-order valence-corrected chi connectivity index (χ1v) is 7.19. The first-order valence-electron chi connectivity index (χ1n) is 5.51. The van der Waals surface area contributed by atoms with Crippen molar-refractivity contribution < 1.29 is 14.6 Å². The van der Waals surface area contributed by atoms with E-state index >= 15 is 0 Å². The molecule has 0 spiro atoms. The van der Waals surface area contributed by atoms with Crippen molar-refractivity contribution in [3.05, 3.63) is 56.7 Å². The minimum Gasteiger partial charge on any atom is -0.486 e. The van der Waals surface area contributed by atoms with Crippen LogP contribution in [0, 0.1) is 0 Å². The number of carboxylic acids is 1. The van der Waals surface area contributed by atoms with Crippen LogP contribution in [0.3, 0.4) is 0 Å². The highest BCUT2D eigenvalue weighted by atomic mass is 79.9. The molecule has 0 aliphatic heterocycles. The number of rotatable bonds is 5. The van der Waals surface area contributed by atoms with Gasteiger partial charge in [-0.1, -0.05) is 18.2 Å². The quantitative estimate of drug-likeness (QED) is 0.831. The van der Waals surface area contributed by atoms with Crippen LogP contribution >= 0.6 is 27.3 Å². The number of aliphatic carboxylic acids is 1. The summed E-state index contributed by atoms with van der Waals surface area (Å²) < 4.78 is 6.57. The fourth-order valence-corrected chi connectivity index (χ4v) is 2.62. The van der Waals surface area contributed by atoms with Crippen molar-refractivity contribution in [3.8, 4) is 5.75 Å². The SMILES string of the molecule is O=C(O)C=Cc1cccc(Br)c1OCc1cccs1. The molecule has 1 aromatic carbocycles. The molecule has 98 valence electrons. The summed E-state index contributed by atoms with van der Waals surface area (Å²) in [6.07, 6.45) is 2.62. The van der Waals surface area contributed by atoms with E-state index in [0.717, 1.165) is 21.0 Å². The molecule has 19 heavy (non-hydrogen) atoms. The molecule has 2 aromatic rings. The molecule has 3 nitrogen and oxygen atoms in total. The van der Waals surface area contributed by atoms with E-state index in [4.69, 9.17) is 9.84 Å². The van der Waals surface area contributed by atoms with E-state index in [2.05, 4.69) is 15.9 Å². The molecule has 0 bridgehead atoms. The van der Waals surface area contributed by atoms with Gasteiger partial charge in [0.15, 0.2) is 0 Å². The van der Waals surface area contributed by atoms with Gasteiger partial charge in [-0.2, -0.15) is 0 Å². The number of thiophene rings is 1. The smallest absolute Gasteiger partial charge is 0.328 e. The van der Waals surface area contributed by atoms with Crippen molar-refractivity contribution in [2.24, 2.45) is 0 Å². The number of para-hydroxylation sites is 1. The van der Waals surface area contributed by atoms with E-state index in [1.54, 1.807) is 11.3 Å². The fourth-order valence-electron chi connectivity index (χ4n) is 1.51. The Kier molecular flexibility index (Phi) is 4.76. The van der Waals surface area contributed by atoms with Gasteiger partial charge in [0.25, 0.3) is 0 Å². The van der Waals surface area contributed by atoms with E-state index < -0.39 is 5.97 Å². The number of hydrogen-bond donors (Lipinski definition) is 1. The summed E-state index contributed by atoms with van der Waals surface area (Å²) in [7, 11) is 0. The summed E-state index contributed by atoms with van der Waals surface area (Å²) in [5.74, 6) is -0.336. The van der Waals surface area contributed by atoms with Gasteiger partial charge in [-0.15, -0.1) is 11.3 Å². The second-order valence-corrected chi connectivity index (χ2v) is 5.58. The van der Waals surface area contributed by atoms with Crippen LogP contribution in [0.2, 0.25) is 0 Å². The molecule has 0 fully saturated rings. The molecular formula is C14H11BrO3S. The molecule has 0 aliphatic rings. The third kappa shape index (κ3) is 3.94. The van der Waals surface area contributed by atoms with Gasteiger partial charge in [-0.05, 0) is 39.5 Å². The molecule has 1 aromatic heterocycles. The number of carboxylic acid groups (broad SMARTS) is 1. The molecule has 1 heterocycles. The normalized spacial score (nSPS) is 10.8. The Labute approximate surface area is 123 Å². The van der Waals surface area contributed by atoms with E-state index in [1.165, 1.54) is 6.08 Å². The van der Waals surface area contributed by atoms with E-state index in [0.29, 0.717) is 12.4 Å². The third-order valence-electron chi connectivity index (χ3n) is 2.34. The van der Waals surface area contributed by atoms with Crippen LogP contribution in [0.15, 0.2) is 46.3 Å². The van der Waals surface area contributed by atoms with Crippen LogP contribution in [0.5, 0.6) is 5.75 Å². The second kappa shape index (κ2) is 6.54. The molecule has 2 rings (SSSR count). The van der Waals surface area contributed by atoms with Crippen molar-refractivity contribution in [2.45, 2.75) is 6.61 Å². The first-order chi connectivity index (χ1) is 9.16. The van der Waals surface area contributed by atoms with Crippen molar-refractivity contribution in [3.63, 3.8) is 0 Å². The third-order valence-corrected chi connectivity index (χ3v) is 3.82. The number of hydrogen-bond acceptors (Lipinski definition) is 3. The second-order valence-electron chi connectivity index (χ2n) is 3.70. The van der Waals surface area contributed by atoms with E-state index in [9.17, 15) is 4.79 Å². The van der Waals surface area contributed by atoms with Crippen LogP contribution in [-0.2, 0) is 11.4 Å². The number of carbonyl (C=O) groups is 1. The zero-order valence-electron chi connectivity index (χ0n) is 9.88. The Morgan fingerprint density at radius 2 is 2.21 bits per heavy atom. The number of halogens is 1. The van der Waals surface area contributed by atoms with Crippen molar-refractivity contribution in [1.82, 2.24) is 0 Å². The summed E-state index contributed by atoms with van der Waals surface area (Å²) in [5.41, 5.74) is 0.730. The minimum atomic E-state index is -0.982. The van der Waals surface area contributed by atoms with Gasteiger partial charge < -0.3 is 9.84 Å². The van der Waals surface area contributed by atoms with Crippen LogP contribution in [0.1, 0.15) is 10.4 Å². The average molecular weight is 339 g/mol. The monoisotopic (exact) mass is 338 g/mol. The molecule has 0 aliphatic carbocycles. The molecule has 0 atom stereocenters. The maximum atomic E-state index is 10.6. The number of ether oxygens (including phenoxy) is 1. The Morgan fingerprint density at radius 1 is 1.37 bits per heavy atom. The largest absolute Gasteiger partial charge is 0.486 e. The van der Waals surface area contributed by atoms with Crippen molar-refractivity contribution >= 4 is 39.3 Å². The highest BCUT2D eigenvalue weighted by Gasteiger charge is 2.07. The summed E-state index contributed by atoms with van der Waals surface area (Å²) in [5, 5.41) is 10.7. The highest BCUT2D eigenvalue weighted by Crippen LogP contribution is 2.31. The zero-order chi connectivity index (χ0) is 13.7. The van der Waals surface area contributed by atoms with Crippen LogP contribution in [-0.4, -0.2) is 11.1 Å². The molecule has 0 amide bonds. The number of benzene rings is 1. The van der Waals surface area contributed by atoms with Gasteiger partial charge in [-0.3, -0.25) is 0 Å². The van der Waals surface area contributed by atoms with E-state index in [-0.39, 0.29) is 0 Å². The van der Waals surface area contributed by atoms with Gasteiger partial charge in [0.2, 0.25) is 0 Å². The molecule has 1 N–H and O–H groups in total. The lowest BCUT2D eigenvalue weighted by Crippen LogP contribution is -1.96. The van der Waals surface area contributed by atoms with Crippen LogP contribution in [0.25, 0.3) is 6.08 Å². The van der Waals surface area contributed by atoms with Crippen molar-refractivity contribution in [2.75, 3.05) is 0 Å². The Hall–Kier alpha value is -1.59. The first kappa shape index (κ1) is 13.8. The summed E-state index contributed by atoms with van der Waals surface area (Å²) >= 11 is 5.04. The zero-order valence-corrected chi connectivity index (χ0v) is 12.3. The predicted octanol–water partition coefficient (Wildman–Crippen LogP) is 4.19. The molecule has 0 saturated carbocycles. The Balaban J connectivity index is 2.20. The summed E-state index contributed by atoms with van der Waals surface area (Å²) in [4.78, 5) is 11.7. The maximum Gasteiger partial charge on any atom is 0.328 e. The Morgan fingerprint density at radius 3 is 2.89 bits per heavy atom. The molecule has 0 saturated heterocycles. The molecular weight excluding hydrogens is 328 g/mol. The van der Waals surface area contributed by atoms with Crippen molar-refractivity contribution in [1.29, 1.82) is 0 Å². The van der Waals surface area contributed by atoms with Gasteiger partial charge in [0, 0.05) is 16.5 Å². The molecule has 5 heteroatoms. The van der Waals surface area contributed by atoms with Gasteiger partial charge in [0.05, 0.1) is 4.47 Å². The fraction of sp³-hybridized carbons (Fsp3) is 0.0714. The minimum absolute atomic E-state index is 0.466. The Bertz CT molecular complexity index is 591. The van der Waals surface area contributed by atoms with E-state index in [1.807, 2.05) is 35.7 Å². The average Bonchev–Trinajstić information content (AvgIpc) is 2.88. The van der Waals surface area contributed by atoms with Crippen LogP contribution < -0.4 is 4.74 Å². The molecule has 0 radical (unpaired) electrons. The predicted molar refractivity (Wildman–Crippen MR) is 79.5 cm³/mol. The summed E-state index contributed by atoms with van der Waals surface area (Å²) in [6, 6.07) is 9.47. The standard InChI is InChI=1S/C14H11BrO3S/c15-12-5-1-3-10(6-7-13(16)17)14(12)18-9-11-4-2-8-19-11/h1-8H,9H2,(H,16,17). The summed E-state index contributed by atoms with van der Waals surface area (Å²) in [6.45, 7) is 0.466. The molecule has 0 unspecified atom stereocenters. The lowest BCUT2D eigenvalue weighted by atomic mass is 10.2. The highest BCUT2D eigenvalue weighted by molar-refractivity contribution is 9.10. The van der Waals surface area contributed by atoms with Gasteiger partial charge in [0.1, 0.15) is 12.4 Å². The van der Waals surface area contributed by atoms with Gasteiger partial charge >= 0.3 is 5.97 Å². The maximum absolute atomic E-state index is 10.6. The lowest BCUT2D eigenvalue weighted by molar-refractivity contribution is -0.131. The topological polar surface area (TPSA) is 46.5 Å². The van der Waals surface area contributed by atoms with Gasteiger partial charge in [-0.25, -0.2) is 4.79 Å². The van der Waals surface area contributed by atoms with Crippen LogP contribution in [0.4, 0.5) is 0 Å². The lowest BCUT2D eigenvalue weighted by Gasteiger charge is -2.10.